The van der Waals surface area contributed by atoms with Crippen LogP contribution in [0, 0.1) is 18.7 Å². The van der Waals surface area contributed by atoms with Crippen molar-refractivity contribution >= 4 is 17.8 Å². The minimum atomic E-state index is -0.661. The zero-order chi connectivity index (χ0) is 25.4. The molecule has 1 aliphatic rings. The molecule has 188 valence electrons. The fraction of sp³-hybridized carbons (Fsp3) is 0.444. The van der Waals surface area contributed by atoms with Gasteiger partial charge in [0, 0.05) is 25.7 Å². The van der Waals surface area contributed by atoms with Crippen LogP contribution in [0.3, 0.4) is 0 Å². The summed E-state index contributed by atoms with van der Waals surface area (Å²) in [6.45, 7) is 7.23. The topological polar surface area (TPSA) is 90.5 Å². The van der Waals surface area contributed by atoms with E-state index >= 15 is 0 Å². The van der Waals surface area contributed by atoms with Crippen LogP contribution in [0.1, 0.15) is 54.6 Å². The first-order valence-corrected chi connectivity index (χ1v) is 12.2. The zero-order valence-electron chi connectivity index (χ0n) is 20.6. The largest absolute Gasteiger partial charge is 0.351 e. The lowest BCUT2D eigenvalue weighted by Crippen LogP contribution is -2.54. The van der Waals surface area contributed by atoms with Crippen LogP contribution in [0.2, 0.25) is 0 Å². The van der Waals surface area contributed by atoms with Crippen LogP contribution in [-0.4, -0.2) is 47.9 Å². The summed E-state index contributed by atoms with van der Waals surface area (Å²) in [6.07, 6.45) is 1.65. The van der Waals surface area contributed by atoms with E-state index in [9.17, 15) is 18.8 Å². The van der Waals surface area contributed by atoms with Crippen molar-refractivity contribution in [1.82, 2.24) is 20.9 Å². The van der Waals surface area contributed by atoms with Gasteiger partial charge in [-0.05, 0) is 49.8 Å². The lowest BCUT2D eigenvalue weighted by Gasteiger charge is -2.33. The van der Waals surface area contributed by atoms with Crippen LogP contribution in [0.15, 0.2) is 48.5 Å². The first-order chi connectivity index (χ1) is 16.7. The van der Waals surface area contributed by atoms with Gasteiger partial charge in [-0.1, -0.05) is 55.8 Å². The zero-order valence-corrected chi connectivity index (χ0v) is 20.6. The Kier molecular flexibility index (Phi) is 9.23. The van der Waals surface area contributed by atoms with Crippen LogP contribution in [0.25, 0.3) is 0 Å². The second kappa shape index (κ2) is 12.3. The van der Waals surface area contributed by atoms with E-state index in [0.29, 0.717) is 38.9 Å². The van der Waals surface area contributed by atoms with Crippen molar-refractivity contribution in [2.75, 3.05) is 13.1 Å². The molecule has 3 N–H and O–H groups in total. The molecule has 1 heterocycles. The number of amides is 4. The van der Waals surface area contributed by atoms with Crippen LogP contribution in [0.4, 0.5) is 9.18 Å². The van der Waals surface area contributed by atoms with Crippen LogP contribution in [0.5, 0.6) is 0 Å². The van der Waals surface area contributed by atoms with Gasteiger partial charge in [0.05, 0.1) is 5.56 Å². The van der Waals surface area contributed by atoms with E-state index in [2.05, 4.69) is 16.0 Å². The summed E-state index contributed by atoms with van der Waals surface area (Å²) in [7, 11) is 0. The minimum Gasteiger partial charge on any atom is -0.351 e. The van der Waals surface area contributed by atoms with Crippen molar-refractivity contribution in [3.8, 4) is 0 Å². The van der Waals surface area contributed by atoms with E-state index in [1.165, 1.54) is 12.1 Å². The normalized spacial score (nSPS) is 14.9. The van der Waals surface area contributed by atoms with Crippen molar-refractivity contribution in [2.45, 2.75) is 58.7 Å². The maximum atomic E-state index is 14.0. The first-order valence-electron chi connectivity index (χ1n) is 12.2. The Morgan fingerprint density at radius 1 is 1.03 bits per heavy atom. The number of halogens is 1. The lowest BCUT2D eigenvalue weighted by atomic mass is 10.0. The predicted octanol–water partition coefficient (Wildman–Crippen LogP) is 3.77. The Labute approximate surface area is 206 Å². The number of hydrogen-bond acceptors (Lipinski definition) is 3. The van der Waals surface area contributed by atoms with Crippen LogP contribution >= 0.6 is 0 Å². The predicted molar refractivity (Wildman–Crippen MR) is 133 cm³/mol. The van der Waals surface area contributed by atoms with Gasteiger partial charge in [-0.15, -0.1) is 0 Å². The van der Waals surface area contributed by atoms with Gasteiger partial charge in [-0.25, -0.2) is 9.18 Å². The van der Waals surface area contributed by atoms with E-state index in [1.54, 1.807) is 17.0 Å². The smallest absolute Gasteiger partial charge is 0.315 e. The molecule has 1 aliphatic heterocycles. The highest BCUT2D eigenvalue weighted by Gasteiger charge is 2.28. The summed E-state index contributed by atoms with van der Waals surface area (Å²) in [5.74, 6) is -0.889. The molecule has 0 spiro atoms. The number of piperidine rings is 1. The molecule has 1 unspecified atom stereocenters. The molecule has 4 amide bonds. The maximum absolute atomic E-state index is 14.0. The summed E-state index contributed by atoms with van der Waals surface area (Å²) in [5.41, 5.74) is 2.19. The average molecular weight is 483 g/mol. The van der Waals surface area contributed by atoms with Gasteiger partial charge in [-0.2, -0.15) is 0 Å². The molecule has 8 heteroatoms. The number of urea groups is 1. The molecule has 7 nitrogen and oxygen atoms in total. The molecule has 1 atom stereocenters. The first kappa shape index (κ1) is 26.2. The number of nitrogens with one attached hydrogen (secondary N) is 3. The molecular weight excluding hydrogens is 447 g/mol. The fourth-order valence-corrected chi connectivity index (χ4v) is 4.13. The van der Waals surface area contributed by atoms with Gasteiger partial charge in [0.1, 0.15) is 11.9 Å². The second-order valence-corrected chi connectivity index (χ2v) is 9.55. The van der Waals surface area contributed by atoms with Crippen LogP contribution in [-0.2, 0) is 11.3 Å². The molecule has 2 aromatic rings. The van der Waals surface area contributed by atoms with Gasteiger partial charge >= 0.3 is 6.03 Å². The van der Waals surface area contributed by atoms with E-state index < -0.39 is 17.9 Å². The summed E-state index contributed by atoms with van der Waals surface area (Å²) in [6, 6.07) is 12.7. The fourth-order valence-electron chi connectivity index (χ4n) is 4.13. The molecule has 0 radical (unpaired) electrons. The Balaban J connectivity index is 1.50. The third kappa shape index (κ3) is 7.80. The van der Waals surface area contributed by atoms with Crippen molar-refractivity contribution in [2.24, 2.45) is 5.92 Å². The average Bonchev–Trinajstić information content (AvgIpc) is 2.83. The number of nitrogens with zero attached hydrogens (tertiary/aromatic N) is 1. The third-order valence-electron chi connectivity index (χ3n) is 6.14. The Morgan fingerprint density at radius 3 is 2.31 bits per heavy atom. The Bertz CT molecular complexity index is 1020. The molecule has 0 bridgehead atoms. The minimum absolute atomic E-state index is 0.0628. The van der Waals surface area contributed by atoms with Crippen molar-refractivity contribution in [3.63, 3.8) is 0 Å². The Morgan fingerprint density at radius 2 is 1.69 bits per heavy atom. The SMILES string of the molecule is Cc1ccc(CNC(=O)NC(CC(C)C)C(=O)NC2CCN(C(=O)c3ccccc3F)CC2)cc1. The van der Waals surface area contributed by atoms with Gasteiger partial charge < -0.3 is 20.9 Å². The summed E-state index contributed by atoms with van der Waals surface area (Å²) >= 11 is 0. The summed E-state index contributed by atoms with van der Waals surface area (Å²) in [5, 5.41) is 8.65. The molecule has 3 rings (SSSR count). The molecular formula is C27H35FN4O3. The van der Waals surface area contributed by atoms with E-state index in [4.69, 9.17) is 0 Å². The maximum Gasteiger partial charge on any atom is 0.315 e. The summed E-state index contributed by atoms with van der Waals surface area (Å²) in [4.78, 5) is 39.7. The molecule has 1 fully saturated rings. The highest BCUT2D eigenvalue weighted by atomic mass is 19.1. The van der Waals surface area contributed by atoms with Gasteiger partial charge in [0.15, 0.2) is 0 Å². The third-order valence-corrected chi connectivity index (χ3v) is 6.14. The number of rotatable bonds is 8. The quantitative estimate of drug-likeness (QED) is 0.535. The van der Waals surface area contributed by atoms with E-state index in [-0.39, 0.29) is 29.3 Å². The monoisotopic (exact) mass is 482 g/mol. The second-order valence-electron chi connectivity index (χ2n) is 9.55. The van der Waals surface area contributed by atoms with Gasteiger partial charge in [-0.3, -0.25) is 9.59 Å². The van der Waals surface area contributed by atoms with Gasteiger partial charge in [0.25, 0.3) is 5.91 Å². The van der Waals surface area contributed by atoms with E-state index in [1.807, 2.05) is 45.0 Å². The van der Waals surface area contributed by atoms with Gasteiger partial charge in [0.2, 0.25) is 5.91 Å². The molecule has 1 saturated heterocycles. The number of carbonyl (C=O) groups excluding carboxylic acids is 3. The summed E-state index contributed by atoms with van der Waals surface area (Å²) < 4.78 is 14.0. The highest BCUT2D eigenvalue weighted by Crippen LogP contribution is 2.17. The van der Waals surface area contributed by atoms with Crippen molar-refractivity contribution in [1.29, 1.82) is 0 Å². The number of likely N-dealkylation sites (tertiary alicyclic amines) is 1. The molecule has 35 heavy (non-hydrogen) atoms. The molecule has 0 aromatic heterocycles. The molecule has 2 aromatic carbocycles. The van der Waals surface area contributed by atoms with Crippen molar-refractivity contribution in [3.05, 3.63) is 71.0 Å². The molecule has 0 saturated carbocycles. The highest BCUT2D eigenvalue weighted by molar-refractivity contribution is 5.94. The number of benzene rings is 2. The Hall–Kier alpha value is -3.42. The number of carbonyl (C=O) groups is 3. The van der Waals surface area contributed by atoms with Crippen LogP contribution < -0.4 is 16.0 Å². The lowest BCUT2D eigenvalue weighted by molar-refractivity contribution is -0.124. The van der Waals surface area contributed by atoms with Crippen molar-refractivity contribution < 1.29 is 18.8 Å². The van der Waals surface area contributed by atoms with E-state index in [0.717, 1.165) is 11.1 Å². The number of hydrogen-bond donors (Lipinski definition) is 3. The number of aryl methyl sites for hydroxylation is 1. The molecule has 0 aliphatic carbocycles. The standard InChI is InChI=1S/C27H35FN4O3/c1-18(2)16-24(31-27(35)29-17-20-10-8-19(3)9-11-20)25(33)30-21-12-14-32(15-13-21)26(34)22-6-4-5-7-23(22)28/h4-11,18,21,24H,12-17H2,1-3H3,(H,30,33)(H2,29,31,35).